The molecule has 50 heavy (non-hydrogen) atoms. The molecule has 0 aliphatic rings. The first-order valence-corrected chi connectivity index (χ1v) is 17.2. The number of para-hydroxylation sites is 1. The number of fused-ring (bicyclic) bond motifs is 7. The summed E-state index contributed by atoms with van der Waals surface area (Å²) in [6.45, 7) is 0. The fourth-order valence-corrected chi connectivity index (χ4v) is 8.05. The summed E-state index contributed by atoms with van der Waals surface area (Å²) >= 11 is 1.81. The van der Waals surface area contributed by atoms with Crippen molar-refractivity contribution in [3.05, 3.63) is 158 Å². The van der Waals surface area contributed by atoms with Gasteiger partial charge < -0.3 is 0 Å². The maximum Gasteiger partial charge on any atom is 0.234 e. The molecule has 0 saturated heterocycles. The molecule has 0 bridgehead atoms. The van der Waals surface area contributed by atoms with E-state index in [1.165, 1.54) is 30.9 Å². The largest absolute Gasteiger partial charge is 0.276 e. The first-order chi connectivity index (χ1) is 24.8. The molecule has 0 atom stereocenters. The summed E-state index contributed by atoms with van der Waals surface area (Å²) in [6, 6.07) is 50.2. The number of aromatic nitrogens is 6. The van der Waals surface area contributed by atoms with E-state index in [4.69, 9.17) is 24.9 Å². The molecular weight excluding hydrogens is 633 g/mol. The van der Waals surface area contributed by atoms with E-state index in [9.17, 15) is 0 Å². The average Bonchev–Trinajstić information content (AvgIpc) is 3.75. The molecule has 0 fully saturated rings. The highest BCUT2D eigenvalue weighted by Gasteiger charge is 2.20. The summed E-state index contributed by atoms with van der Waals surface area (Å²) in [4.78, 5) is 24.8. The van der Waals surface area contributed by atoms with E-state index in [2.05, 4.69) is 89.5 Å². The van der Waals surface area contributed by atoms with Crippen LogP contribution >= 0.6 is 11.3 Å². The van der Waals surface area contributed by atoms with Crippen LogP contribution in [0.1, 0.15) is 0 Å². The Balaban J connectivity index is 1.13. The molecule has 0 unspecified atom stereocenters. The summed E-state index contributed by atoms with van der Waals surface area (Å²) in [5.74, 6) is 2.29. The minimum absolute atomic E-state index is 0.514. The van der Waals surface area contributed by atoms with Gasteiger partial charge in [-0.3, -0.25) is 4.57 Å². The van der Waals surface area contributed by atoms with Gasteiger partial charge in [-0.1, -0.05) is 127 Å². The number of thiophene rings is 1. The molecular formula is C43H26N6S. The van der Waals surface area contributed by atoms with Gasteiger partial charge in [-0.2, -0.15) is 0 Å². The van der Waals surface area contributed by atoms with Crippen molar-refractivity contribution >= 4 is 53.3 Å². The Bertz CT molecular complexity index is 2860. The second kappa shape index (κ2) is 11.5. The van der Waals surface area contributed by atoms with E-state index >= 15 is 0 Å². The summed E-state index contributed by atoms with van der Waals surface area (Å²) in [5.41, 5.74) is 6.93. The third-order valence-corrected chi connectivity index (χ3v) is 10.4. The Morgan fingerprint density at radius 3 is 1.78 bits per heavy atom. The first kappa shape index (κ1) is 28.4. The smallest absolute Gasteiger partial charge is 0.234 e. The van der Waals surface area contributed by atoms with Crippen LogP contribution in [0.2, 0.25) is 0 Å². The van der Waals surface area contributed by atoms with Crippen LogP contribution in [-0.2, 0) is 0 Å². The van der Waals surface area contributed by atoms with Gasteiger partial charge in [-0.15, -0.1) is 11.3 Å². The molecule has 0 spiro atoms. The van der Waals surface area contributed by atoms with Crippen molar-refractivity contribution in [2.45, 2.75) is 0 Å². The van der Waals surface area contributed by atoms with Crippen LogP contribution in [0.4, 0.5) is 0 Å². The second-order valence-electron chi connectivity index (χ2n) is 12.2. The summed E-state index contributed by atoms with van der Waals surface area (Å²) in [5, 5.41) is 4.85. The van der Waals surface area contributed by atoms with Crippen molar-refractivity contribution in [1.82, 2.24) is 29.5 Å². The Hall–Kier alpha value is -6.57. The molecule has 0 radical (unpaired) electrons. The lowest BCUT2D eigenvalue weighted by atomic mass is 10.0. The van der Waals surface area contributed by atoms with Gasteiger partial charge in [-0.05, 0) is 29.3 Å². The van der Waals surface area contributed by atoms with Crippen LogP contribution in [0.15, 0.2) is 158 Å². The van der Waals surface area contributed by atoms with Gasteiger partial charge in [0, 0.05) is 49.8 Å². The van der Waals surface area contributed by atoms with Crippen molar-refractivity contribution in [3.8, 4) is 51.2 Å². The zero-order chi connectivity index (χ0) is 33.0. The molecule has 0 amide bonds. The Morgan fingerprint density at radius 2 is 1.00 bits per heavy atom. The quantitative estimate of drug-likeness (QED) is 0.184. The predicted octanol–water partition coefficient (Wildman–Crippen LogP) is 10.8. The van der Waals surface area contributed by atoms with Gasteiger partial charge in [0.1, 0.15) is 0 Å². The van der Waals surface area contributed by atoms with Gasteiger partial charge in [-0.25, -0.2) is 24.9 Å². The SMILES string of the molecule is c1ccc(-c2cccc(-c3nc(-c4ccccc4)nc(-c4cnc(-n5c6ccccc6c6ccc7c8ccccc8sc7c65)nc4)n3)c2)cc1. The fourth-order valence-electron chi connectivity index (χ4n) is 6.81. The molecule has 0 aliphatic carbocycles. The van der Waals surface area contributed by atoms with Gasteiger partial charge >= 0.3 is 0 Å². The van der Waals surface area contributed by atoms with Crippen LogP contribution in [0.25, 0.3) is 93.2 Å². The van der Waals surface area contributed by atoms with Crippen LogP contribution in [0.5, 0.6) is 0 Å². The lowest BCUT2D eigenvalue weighted by molar-refractivity contribution is 0.984. The van der Waals surface area contributed by atoms with E-state index in [0.29, 0.717) is 29.0 Å². The number of hydrogen-bond donors (Lipinski definition) is 0. The molecule has 6 aromatic carbocycles. The molecule has 7 heteroatoms. The molecule has 0 N–H and O–H groups in total. The van der Waals surface area contributed by atoms with E-state index in [1.54, 1.807) is 0 Å². The van der Waals surface area contributed by atoms with Gasteiger partial charge in [0.2, 0.25) is 5.95 Å². The molecule has 4 aromatic heterocycles. The van der Waals surface area contributed by atoms with Crippen LogP contribution in [0.3, 0.4) is 0 Å². The maximum atomic E-state index is 4.98. The standard InChI is InChI=1S/C43H26N6S/c1-3-12-27(13-4-1)29-16-11-17-30(24-29)41-46-40(28-14-5-2-6-15-28)47-42(48-41)31-25-44-43(45-26-31)49-36-20-9-7-18-32(36)34-22-23-35-33-19-8-10-21-37(33)50-39(35)38(34)49/h1-26H. The van der Waals surface area contributed by atoms with Gasteiger partial charge in [0.05, 0.1) is 21.3 Å². The molecule has 234 valence electrons. The molecule has 10 aromatic rings. The van der Waals surface area contributed by atoms with Crippen LogP contribution in [-0.4, -0.2) is 29.5 Å². The average molecular weight is 659 g/mol. The summed E-state index contributed by atoms with van der Waals surface area (Å²) in [6.07, 6.45) is 3.64. The van der Waals surface area contributed by atoms with Crippen molar-refractivity contribution in [2.24, 2.45) is 0 Å². The third kappa shape index (κ3) is 4.67. The van der Waals surface area contributed by atoms with Gasteiger partial charge in [0.25, 0.3) is 0 Å². The highest BCUT2D eigenvalue weighted by Crippen LogP contribution is 2.42. The Morgan fingerprint density at radius 1 is 0.420 bits per heavy atom. The normalized spacial score (nSPS) is 11.6. The Kier molecular flexibility index (Phi) is 6.57. The highest BCUT2D eigenvalue weighted by molar-refractivity contribution is 7.26. The molecule has 0 saturated carbocycles. The monoisotopic (exact) mass is 658 g/mol. The van der Waals surface area contributed by atoms with Crippen molar-refractivity contribution in [1.29, 1.82) is 0 Å². The summed E-state index contributed by atoms with van der Waals surface area (Å²) < 4.78 is 4.67. The molecule has 6 nitrogen and oxygen atoms in total. The van der Waals surface area contributed by atoms with Crippen molar-refractivity contribution in [3.63, 3.8) is 0 Å². The number of rotatable bonds is 5. The molecule has 10 rings (SSSR count). The molecule has 0 aliphatic heterocycles. The van der Waals surface area contributed by atoms with Crippen LogP contribution < -0.4 is 0 Å². The lowest BCUT2D eigenvalue weighted by Crippen LogP contribution is -2.03. The van der Waals surface area contributed by atoms with Crippen molar-refractivity contribution < 1.29 is 0 Å². The maximum absolute atomic E-state index is 4.98. The third-order valence-electron chi connectivity index (χ3n) is 9.17. The van der Waals surface area contributed by atoms with E-state index < -0.39 is 0 Å². The van der Waals surface area contributed by atoms with E-state index in [1.807, 2.05) is 84.4 Å². The topological polar surface area (TPSA) is 69.4 Å². The second-order valence-corrected chi connectivity index (χ2v) is 13.2. The predicted molar refractivity (Wildman–Crippen MR) is 204 cm³/mol. The van der Waals surface area contributed by atoms with Crippen LogP contribution in [0, 0.1) is 0 Å². The minimum atomic E-state index is 0.514. The first-order valence-electron chi connectivity index (χ1n) is 16.4. The zero-order valence-electron chi connectivity index (χ0n) is 26.6. The Labute approximate surface area is 291 Å². The van der Waals surface area contributed by atoms with E-state index in [0.717, 1.165) is 33.3 Å². The number of hydrogen-bond acceptors (Lipinski definition) is 6. The number of benzene rings is 6. The van der Waals surface area contributed by atoms with Crippen molar-refractivity contribution in [2.75, 3.05) is 0 Å². The molecule has 4 heterocycles. The van der Waals surface area contributed by atoms with E-state index in [-0.39, 0.29) is 0 Å². The van der Waals surface area contributed by atoms with Gasteiger partial charge in [0.15, 0.2) is 17.5 Å². The zero-order valence-corrected chi connectivity index (χ0v) is 27.4. The summed E-state index contributed by atoms with van der Waals surface area (Å²) in [7, 11) is 0. The minimum Gasteiger partial charge on any atom is -0.276 e. The lowest BCUT2D eigenvalue weighted by Gasteiger charge is -2.10. The highest BCUT2D eigenvalue weighted by atomic mass is 32.1. The fraction of sp³-hybridized carbons (Fsp3) is 0. The number of nitrogens with zero attached hydrogens (tertiary/aromatic N) is 6.